The maximum Gasteiger partial charge on any atom is 0.191 e. The third kappa shape index (κ3) is 6.71. The molecule has 148 valence electrons. The summed E-state index contributed by atoms with van der Waals surface area (Å²) in [4.78, 5) is 7.02. The normalized spacial score (nSPS) is 13.0. The van der Waals surface area contributed by atoms with Crippen LogP contribution in [-0.4, -0.2) is 54.4 Å². The minimum absolute atomic E-state index is 0.261. The van der Waals surface area contributed by atoms with Gasteiger partial charge in [-0.05, 0) is 52.9 Å². The molecule has 1 atom stereocenters. The van der Waals surface area contributed by atoms with Crippen LogP contribution in [0.1, 0.15) is 36.3 Å². The lowest BCUT2D eigenvalue weighted by Crippen LogP contribution is -2.38. The topological polar surface area (TPSA) is 57.5 Å². The van der Waals surface area contributed by atoms with Crippen LogP contribution in [0.25, 0.3) is 0 Å². The Kier molecular flexibility index (Phi) is 8.33. The van der Waals surface area contributed by atoms with Crippen LogP contribution >= 0.6 is 0 Å². The molecule has 0 spiro atoms. The summed E-state index contributed by atoms with van der Waals surface area (Å²) >= 11 is 0. The largest absolute Gasteiger partial charge is 0.357 e. The number of hydrogen-bond acceptors (Lipinski definition) is 3. The van der Waals surface area contributed by atoms with Crippen LogP contribution < -0.4 is 10.6 Å². The van der Waals surface area contributed by atoms with Gasteiger partial charge in [0, 0.05) is 25.3 Å². The van der Waals surface area contributed by atoms with Crippen LogP contribution in [0.2, 0.25) is 0 Å². The second-order valence-corrected chi connectivity index (χ2v) is 7.04. The maximum absolute atomic E-state index is 4.81. The minimum Gasteiger partial charge on any atom is -0.357 e. The summed E-state index contributed by atoms with van der Waals surface area (Å²) in [5, 5.41) is 11.3. The Hall–Kier alpha value is -2.34. The molecule has 0 aliphatic heterocycles. The van der Waals surface area contributed by atoms with Crippen LogP contribution in [0, 0.1) is 13.8 Å². The van der Waals surface area contributed by atoms with Gasteiger partial charge in [0.2, 0.25) is 0 Å². The highest BCUT2D eigenvalue weighted by molar-refractivity contribution is 5.79. The number of guanidine groups is 1. The van der Waals surface area contributed by atoms with Crippen molar-refractivity contribution in [2.75, 3.05) is 33.7 Å². The molecule has 0 saturated heterocycles. The second-order valence-electron chi connectivity index (χ2n) is 7.04. The highest BCUT2D eigenvalue weighted by Gasteiger charge is 2.13. The smallest absolute Gasteiger partial charge is 0.191 e. The van der Waals surface area contributed by atoms with Crippen molar-refractivity contribution in [1.29, 1.82) is 0 Å². The van der Waals surface area contributed by atoms with Crippen molar-refractivity contribution in [3.63, 3.8) is 0 Å². The first kappa shape index (κ1) is 21.0. The summed E-state index contributed by atoms with van der Waals surface area (Å²) < 4.78 is 2.07. The molecule has 1 unspecified atom stereocenters. The Balaban J connectivity index is 1.89. The van der Waals surface area contributed by atoms with Gasteiger partial charge in [-0.2, -0.15) is 5.10 Å². The van der Waals surface area contributed by atoms with E-state index in [1.54, 1.807) is 0 Å². The fourth-order valence-corrected chi connectivity index (χ4v) is 3.10. The predicted octanol–water partition coefficient (Wildman–Crippen LogP) is 2.75. The molecule has 0 aliphatic carbocycles. The zero-order chi connectivity index (χ0) is 19.6. The molecule has 2 N–H and O–H groups in total. The van der Waals surface area contributed by atoms with Gasteiger partial charge in [-0.3, -0.25) is 9.67 Å². The molecular formula is C21H34N6. The van der Waals surface area contributed by atoms with Crippen molar-refractivity contribution < 1.29 is 0 Å². The fraction of sp³-hybridized carbons (Fsp3) is 0.524. The van der Waals surface area contributed by atoms with E-state index in [-0.39, 0.29) is 6.04 Å². The van der Waals surface area contributed by atoms with Crippen LogP contribution in [0.3, 0.4) is 0 Å². The van der Waals surface area contributed by atoms with Crippen molar-refractivity contribution in [2.45, 2.75) is 39.8 Å². The van der Waals surface area contributed by atoms with Crippen molar-refractivity contribution in [3.8, 4) is 0 Å². The van der Waals surface area contributed by atoms with Crippen LogP contribution in [-0.2, 0) is 6.54 Å². The van der Waals surface area contributed by atoms with E-state index in [9.17, 15) is 0 Å². The number of aliphatic imine (C=N–C) groups is 1. The average Bonchev–Trinajstić information content (AvgIpc) is 2.96. The molecule has 2 aromatic rings. The van der Waals surface area contributed by atoms with Crippen molar-refractivity contribution >= 4 is 5.96 Å². The van der Waals surface area contributed by atoms with Gasteiger partial charge >= 0.3 is 0 Å². The highest BCUT2D eigenvalue weighted by atomic mass is 15.3. The molecule has 0 fully saturated rings. The Morgan fingerprint density at radius 1 is 1.19 bits per heavy atom. The summed E-state index contributed by atoms with van der Waals surface area (Å²) in [5.74, 6) is 0.869. The predicted molar refractivity (Wildman–Crippen MR) is 113 cm³/mol. The SMILES string of the molecule is CCNC(=NCC(c1ccccc1)N(C)C)NCCCn1nc(C)cc1C. The highest BCUT2D eigenvalue weighted by Crippen LogP contribution is 2.17. The standard InChI is InChI=1S/C21H34N6/c1-6-22-21(23-13-10-14-27-18(3)15-17(2)25-27)24-16-20(26(4)5)19-11-8-7-9-12-19/h7-9,11-12,15,20H,6,10,13-14,16H2,1-5H3,(H2,22,23,24). The van der Waals surface area contributed by atoms with Gasteiger partial charge in [-0.1, -0.05) is 30.3 Å². The first-order chi connectivity index (χ1) is 13.0. The fourth-order valence-electron chi connectivity index (χ4n) is 3.10. The molecule has 1 aromatic carbocycles. The zero-order valence-electron chi connectivity index (χ0n) is 17.4. The van der Waals surface area contributed by atoms with E-state index in [0.29, 0.717) is 6.54 Å². The van der Waals surface area contributed by atoms with Gasteiger partial charge in [-0.25, -0.2) is 0 Å². The molecule has 0 radical (unpaired) electrons. The van der Waals surface area contributed by atoms with Gasteiger partial charge in [0.25, 0.3) is 0 Å². The van der Waals surface area contributed by atoms with Gasteiger partial charge in [0.15, 0.2) is 5.96 Å². The summed E-state index contributed by atoms with van der Waals surface area (Å²) in [5.41, 5.74) is 3.57. The maximum atomic E-state index is 4.81. The number of aryl methyl sites for hydroxylation is 3. The summed E-state index contributed by atoms with van der Waals surface area (Å²) in [7, 11) is 4.20. The van der Waals surface area contributed by atoms with E-state index >= 15 is 0 Å². The Morgan fingerprint density at radius 3 is 2.52 bits per heavy atom. The Morgan fingerprint density at radius 2 is 1.93 bits per heavy atom. The third-order valence-electron chi connectivity index (χ3n) is 4.52. The van der Waals surface area contributed by atoms with Crippen molar-refractivity contribution in [2.24, 2.45) is 4.99 Å². The van der Waals surface area contributed by atoms with E-state index in [4.69, 9.17) is 4.99 Å². The second kappa shape index (κ2) is 10.7. The number of hydrogen-bond donors (Lipinski definition) is 2. The number of likely N-dealkylation sites (N-methyl/N-ethyl adjacent to an activating group) is 1. The number of nitrogens with zero attached hydrogens (tertiary/aromatic N) is 4. The number of aromatic nitrogens is 2. The first-order valence-corrected chi connectivity index (χ1v) is 9.76. The number of nitrogens with one attached hydrogen (secondary N) is 2. The van der Waals surface area contributed by atoms with Gasteiger partial charge < -0.3 is 15.5 Å². The summed E-state index contributed by atoms with van der Waals surface area (Å²) in [6.45, 7) is 9.56. The van der Waals surface area contributed by atoms with Crippen molar-refractivity contribution in [1.82, 2.24) is 25.3 Å². The van der Waals surface area contributed by atoms with E-state index in [2.05, 4.69) is 83.6 Å². The molecule has 6 nitrogen and oxygen atoms in total. The monoisotopic (exact) mass is 370 g/mol. The molecule has 0 aliphatic rings. The molecule has 6 heteroatoms. The first-order valence-electron chi connectivity index (χ1n) is 9.76. The molecule has 1 heterocycles. The molecule has 1 aromatic heterocycles. The third-order valence-corrected chi connectivity index (χ3v) is 4.52. The van der Waals surface area contributed by atoms with E-state index in [0.717, 1.165) is 37.7 Å². The lowest BCUT2D eigenvalue weighted by Gasteiger charge is -2.23. The average molecular weight is 371 g/mol. The quantitative estimate of drug-likeness (QED) is 0.405. The van der Waals surface area contributed by atoms with E-state index in [1.165, 1.54) is 11.3 Å². The zero-order valence-corrected chi connectivity index (χ0v) is 17.4. The van der Waals surface area contributed by atoms with Crippen LogP contribution in [0.15, 0.2) is 41.4 Å². The van der Waals surface area contributed by atoms with Crippen LogP contribution in [0.5, 0.6) is 0 Å². The number of benzene rings is 1. The Bertz CT molecular complexity index is 705. The molecule has 0 amide bonds. The van der Waals surface area contributed by atoms with Crippen LogP contribution in [0.4, 0.5) is 0 Å². The Labute approximate surface area is 163 Å². The molecule has 2 rings (SSSR count). The molecular weight excluding hydrogens is 336 g/mol. The van der Waals surface area contributed by atoms with Gasteiger partial charge in [0.1, 0.15) is 0 Å². The van der Waals surface area contributed by atoms with E-state index in [1.807, 2.05) is 13.0 Å². The molecule has 27 heavy (non-hydrogen) atoms. The van der Waals surface area contributed by atoms with E-state index < -0.39 is 0 Å². The van der Waals surface area contributed by atoms with Crippen molar-refractivity contribution in [3.05, 3.63) is 53.3 Å². The molecule has 0 bridgehead atoms. The van der Waals surface area contributed by atoms with Gasteiger partial charge in [-0.15, -0.1) is 0 Å². The molecule has 0 saturated carbocycles. The summed E-state index contributed by atoms with van der Waals surface area (Å²) in [6, 6.07) is 12.9. The lowest BCUT2D eigenvalue weighted by atomic mass is 10.1. The number of rotatable bonds is 9. The summed E-state index contributed by atoms with van der Waals surface area (Å²) in [6.07, 6.45) is 1.00. The van der Waals surface area contributed by atoms with Gasteiger partial charge in [0.05, 0.1) is 18.3 Å². The minimum atomic E-state index is 0.261. The lowest BCUT2D eigenvalue weighted by molar-refractivity contribution is 0.306.